The summed E-state index contributed by atoms with van der Waals surface area (Å²) in [7, 11) is -1.66. The van der Waals surface area contributed by atoms with Gasteiger partial charge in [0.1, 0.15) is 5.35 Å². The van der Waals surface area contributed by atoms with Gasteiger partial charge < -0.3 is 5.01 Å². The van der Waals surface area contributed by atoms with E-state index >= 15 is 0 Å². The summed E-state index contributed by atoms with van der Waals surface area (Å²) >= 11 is 0. The Morgan fingerprint density at radius 1 is 1.03 bits per heavy atom. The SMILES string of the molecule is CC(CN1CCC=c2c(=O)n3c(n21)=NCc1ccccc1C3)[Si](C)(C)c1ccccc1. The van der Waals surface area contributed by atoms with Crippen LogP contribution in [0.3, 0.4) is 0 Å². The van der Waals surface area contributed by atoms with Crippen LogP contribution in [0, 0.1) is 0 Å². The minimum Gasteiger partial charge on any atom is -0.309 e. The normalized spacial score (nSPS) is 16.3. The molecule has 160 valence electrons. The van der Waals surface area contributed by atoms with Crippen molar-refractivity contribution in [1.82, 2.24) is 9.24 Å². The fourth-order valence-electron chi connectivity index (χ4n) is 4.80. The predicted octanol–water partition coefficient (Wildman–Crippen LogP) is 1.96. The Morgan fingerprint density at radius 2 is 1.74 bits per heavy atom. The van der Waals surface area contributed by atoms with Crippen molar-refractivity contribution in [3.05, 3.63) is 87.0 Å². The van der Waals surface area contributed by atoms with E-state index in [0.29, 0.717) is 18.6 Å². The first-order valence-corrected chi connectivity index (χ1v) is 14.3. The minimum absolute atomic E-state index is 0.0763. The van der Waals surface area contributed by atoms with E-state index < -0.39 is 8.07 Å². The molecule has 2 aliphatic heterocycles. The number of benzene rings is 2. The van der Waals surface area contributed by atoms with Gasteiger partial charge >= 0.3 is 0 Å². The van der Waals surface area contributed by atoms with Crippen molar-refractivity contribution in [3.8, 4) is 0 Å². The number of nitrogens with zero attached hydrogens (tertiary/aromatic N) is 4. The standard InChI is InChI=1S/C25H30N4OSi/c1-19(31(2,3)22-12-5-4-6-13-22)17-27-15-9-14-23-24(30)28-18-21-11-8-7-10-20(21)16-26-25(28)29(23)27/h4-8,10-14,19H,9,15-18H2,1-3H3. The molecule has 0 saturated heterocycles. The highest BCUT2D eigenvalue weighted by Gasteiger charge is 2.33. The van der Waals surface area contributed by atoms with Crippen LogP contribution in [0.25, 0.3) is 6.08 Å². The molecule has 3 aromatic rings. The molecule has 2 aliphatic rings. The fraction of sp³-hybridized carbons (Fsp3) is 0.360. The van der Waals surface area contributed by atoms with Gasteiger partial charge in [-0.3, -0.25) is 9.36 Å². The second kappa shape index (κ2) is 7.68. The molecule has 5 rings (SSSR count). The Hall–Kier alpha value is -2.86. The Balaban J connectivity index is 1.54. The van der Waals surface area contributed by atoms with Crippen LogP contribution in [0.1, 0.15) is 24.5 Å². The zero-order valence-electron chi connectivity index (χ0n) is 18.6. The zero-order chi connectivity index (χ0) is 21.6. The number of fused-ring (bicyclic) bond motifs is 4. The molecule has 2 aromatic carbocycles. The molecular weight excluding hydrogens is 400 g/mol. The highest BCUT2D eigenvalue weighted by molar-refractivity contribution is 6.91. The molecule has 31 heavy (non-hydrogen) atoms. The molecule has 0 aliphatic carbocycles. The smallest absolute Gasteiger partial charge is 0.279 e. The number of hydrogen-bond donors (Lipinski definition) is 0. The summed E-state index contributed by atoms with van der Waals surface area (Å²) in [5.74, 6) is 0. The van der Waals surface area contributed by atoms with Crippen molar-refractivity contribution in [3.63, 3.8) is 0 Å². The Bertz CT molecular complexity index is 1290. The molecule has 0 saturated carbocycles. The lowest BCUT2D eigenvalue weighted by atomic mass is 10.1. The van der Waals surface area contributed by atoms with Gasteiger partial charge in [-0.1, -0.05) is 85.9 Å². The predicted molar refractivity (Wildman–Crippen MR) is 129 cm³/mol. The van der Waals surface area contributed by atoms with E-state index in [1.807, 2.05) is 16.7 Å². The zero-order valence-corrected chi connectivity index (χ0v) is 19.6. The van der Waals surface area contributed by atoms with E-state index in [-0.39, 0.29) is 5.56 Å². The first kappa shape index (κ1) is 20.1. The first-order valence-electron chi connectivity index (χ1n) is 11.2. The molecule has 5 nitrogen and oxygen atoms in total. The van der Waals surface area contributed by atoms with E-state index in [2.05, 4.69) is 78.2 Å². The van der Waals surface area contributed by atoms with Crippen LogP contribution in [-0.4, -0.2) is 30.4 Å². The van der Waals surface area contributed by atoms with E-state index in [1.54, 1.807) is 0 Å². The fourth-order valence-corrected chi connectivity index (χ4v) is 7.09. The van der Waals surface area contributed by atoms with Gasteiger partial charge in [-0.05, 0) is 23.1 Å². The first-order chi connectivity index (χ1) is 15.0. The van der Waals surface area contributed by atoms with Crippen LogP contribution in [0.5, 0.6) is 0 Å². The van der Waals surface area contributed by atoms with Gasteiger partial charge in [0.2, 0.25) is 5.62 Å². The molecular formula is C25H30N4OSi. The van der Waals surface area contributed by atoms with Crippen LogP contribution in [-0.2, 0) is 13.1 Å². The molecule has 6 heteroatoms. The third-order valence-electron chi connectivity index (χ3n) is 7.20. The lowest BCUT2D eigenvalue weighted by Crippen LogP contribution is -2.56. The van der Waals surface area contributed by atoms with Crippen LogP contribution < -0.4 is 26.7 Å². The summed E-state index contributed by atoms with van der Waals surface area (Å²) in [4.78, 5) is 18.2. The molecule has 1 unspecified atom stereocenters. The van der Waals surface area contributed by atoms with Gasteiger partial charge in [-0.15, -0.1) is 0 Å². The van der Waals surface area contributed by atoms with Gasteiger partial charge in [0.25, 0.3) is 5.56 Å². The summed E-state index contributed by atoms with van der Waals surface area (Å²) < 4.78 is 3.98. The van der Waals surface area contributed by atoms with Gasteiger partial charge in [0.15, 0.2) is 0 Å². The van der Waals surface area contributed by atoms with E-state index in [1.165, 1.54) is 16.3 Å². The van der Waals surface area contributed by atoms with Crippen LogP contribution in [0.15, 0.2) is 64.4 Å². The second-order valence-electron chi connectivity index (χ2n) is 9.37. The summed E-state index contributed by atoms with van der Waals surface area (Å²) in [5, 5.41) is 4.62. The van der Waals surface area contributed by atoms with Crippen LogP contribution >= 0.6 is 0 Å². The topological polar surface area (TPSA) is 42.5 Å². The van der Waals surface area contributed by atoms with Gasteiger partial charge in [-0.2, -0.15) is 0 Å². The average molecular weight is 431 g/mol. The monoisotopic (exact) mass is 430 g/mol. The van der Waals surface area contributed by atoms with Crippen LogP contribution in [0.2, 0.25) is 18.6 Å². The summed E-state index contributed by atoms with van der Waals surface area (Å²) in [6.45, 7) is 10.3. The van der Waals surface area contributed by atoms with Gasteiger partial charge in [0.05, 0.1) is 21.2 Å². The molecule has 0 spiro atoms. The second-order valence-corrected chi connectivity index (χ2v) is 14.4. The highest BCUT2D eigenvalue weighted by atomic mass is 28.3. The summed E-state index contributed by atoms with van der Waals surface area (Å²) in [6, 6.07) is 19.3. The Morgan fingerprint density at radius 3 is 2.52 bits per heavy atom. The van der Waals surface area contributed by atoms with Crippen molar-refractivity contribution < 1.29 is 0 Å². The third-order valence-corrected chi connectivity index (χ3v) is 11.7. The maximum Gasteiger partial charge on any atom is 0.279 e. The van der Waals surface area contributed by atoms with Crippen molar-refractivity contribution in [2.24, 2.45) is 4.99 Å². The molecule has 3 heterocycles. The van der Waals surface area contributed by atoms with Gasteiger partial charge in [0, 0.05) is 13.1 Å². The molecule has 0 amide bonds. The molecule has 0 fully saturated rings. The maximum absolute atomic E-state index is 13.3. The van der Waals surface area contributed by atoms with E-state index in [9.17, 15) is 4.79 Å². The van der Waals surface area contributed by atoms with Crippen molar-refractivity contribution in [2.45, 2.75) is 45.1 Å². The molecule has 1 aromatic heterocycles. The average Bonchev–Trinajstić information content (AvgIpc) is 2.94. The lowest BCUT2D eigenvalue weighted by Gasteiger charge is -2.36. The van der Waals surface area contributed by atoms with Gasteiger partial charge in [-0.25, -0.2) is 9.67 Å². The van der Waals surface area contributed by atoms with E-state index in [4.69, 9.17) is 4.99 Å². The molecule has 1 atom stereocenters. The largest absolute Gasteiger partial charge is 0.309 e. The van der Waals surface area contributed by atoms with Crippen molar-refractivity contribution in [1.29, 1.82) is 0 Å². The summed E-state index contributed by atoms with van der Waals surface area (Å²) in [5.41, 5.74) is 3.79. The molecule has 0 bridgehead atoms. The van der Waals surface area contributed by atoms with Crippen molar-refractivity contribution >= 4 is 19.3 Å². The van der Waals surface area contributed by atoms with Crippen molar-refractivity contribution in [2.75, 3.05) is 18.1 Å². The Kier molecular flexibility index (Phi) is 4.97. The number of imidazole rings is 1. The molecule has 0 radical (unpaired) electrons. The third kappa shape index (κ3) is 3.39. The minimum atomic E-state index is -1.66. The number of hydrogen-bond acceptors (Lipinski definition) is 3. The van der Waals surface area contributed by atoms with E-state index in [0.717, 1.165) is 30.5 Å². The number of aromatic nitrogens is 2. The molecule has 0 N–H and O–H groups in total. The number of rotatable bonds is 4. The Labute approximate surface area is 184 Å². The summed E-state index contributed by atoms with van der Waals surface area (Å²) in [6.07, 6.45) is 2.99. The maximum atomic E-state index is 13.3. The van der Waals surface area contributed by atoms with Crippen LogP contribution in [0.4, 0.5) is 0 Å². The lowest BCUT2D eigenvalue weighted by molar-refractivity contribution is 0.519. The highest BCUT2D eigenvalue weighted by Crippen LogP contribution is 2.22. The quantitative estimate of drug-likeness (QED) is 0.594.